The maximum absolute atomic E-state index is 10.7. The van der Waals surface area contributed by atoms with E-state index < -0.39 is 11.9 Å². The van der Waals surface area contributed by atoms with Crippen molar-refractivity contribution in [1.29, 1.82) is 0 Å². The van der Waals surface area contributed by atoms with Gasteiger partial charge in [0.15, 0.2) is 0 Å². The monoisotopic (exact) mass is 296 g/mol. The van der Waals surface area contributed by atoms with Crippen molar-refractivity contribution in [2.45, 2.75) is 17.9 Å². The first-order valence-corrected chi connectivity index (χ1v) is 6.79. The molecule has 0 aliphatic carbocycles. The van der Waals surface area contributed by atoms with Crippen molar-refractivity contribution in [2.75, 3.05) is 0 Å². The first-order chi connectivity index (χ1) is 9.47. The summed E-state index contributed by atoms with van der Waals surface area (Å²) in [6.07, 6.45) is 0. The highest BCUT2D eigenvalue weighted by molar-refractivity contribution is 7.98. The van der Waals surface area contributed by atoms with Gasteiger partial charge in [-0.1, -0.05) is 0 Å². The zero-order valence-corrected chi connectivity index (χ0v) is 11.3. The molecular formula is C13H12O6S. The second kappa shape index (κ2) is 5.87. The van der Waals surface area contributed by atoms with Crippen molar-refractivity contribution in [3.8, 4) is 0 Å². The van der Waals surface area contributed by atoms with Crippen LogP contribution in [0, 0.1) is 0 Å². The Labute approximate surface area is 118 Å². The first-order valence-electron chi connectivity index (χ1n) is 5.74. The van der Waals surface area contributed by atoms with E-state index in [0.29, 0.717) is 17.3 Å². The number of thioether (sulfide) groups is 1. The van der Waals surface area contributed by atoms with Crippen LogP contribution in [0.2, 0.25) is 0 Å². The molecule has 106 valence electrons. The lowest BCUT2D eigenvalue weighted by molar-refractivity contribution is 0.0651. The topological polar surface area (TPSA) is 101 Å². The number of hydrogen-bond donors (Lipinski definition) is 2. The van der Waals surface area contributed by atoms with E-state index in [-0.39, 0.29) is 16.8 Å². The van der Waals surface area contributed by atoms with E-state index in [1.165, 1.54) is 23.9 Å². The highest BCUT2D eigenvalue weighted by Gasteiger charge is 2.16. The number of aromatic carboxylic acids is 2. The van der Waals surface area contributed by atoms with Gasteiger partial charge in [0.05, 0.1) is 11.0 Å². The molecule has 0 spiro atoms. The fourth-order valence-corrected chi connectivity index (χ4v) is 2.41. The molecule has 0 bridgehead atoms. The Morgan fingerprint density at radius 2 is 1.70 bits per heavy atom. The number of carboxylic acid groups (broad SMARTS) is 2. The van der Waals surface area contributed by atoms with Crippen LogP contribution in [0.4, 0.5) is 0 Å². The summed E-state index contributed by atoms with van der Waals surface area (Å²) >= 11 is 1.46. The van der Waals surface area contributed by atoms with Crippen molar-refractivity contribution >= 4 is 23.7 Å². The van der Waals surface area contributed by atoms with Gasteiger partial charge in [0.25, 0.3) is 0 Å². The summed E-state index contributed by atoms with van der Waals surface area (Å²) in [6, 6.07) is 6.03. The molecule has 0 aliphatic rings. The third-order valence-corrected chi connectivity index (χ3v) is 3.77. The van der Waals surface area contributed by atoms with Gasteiger partial charge in [-0.05, 0) is 31.2 Å². The van der Waals surface area contributed by atoms with E-state index in [0.717, 1.165) is 0 Å². The predicted molar refractivity (Wildman–Crippen MR) is 71.0 cm³/mol. The second-order valence-corrected chi connectivity index (χ2v) is 5.36. The molecule has 7 heteroatoms. The molecule has 0 radical (unpaired) electrons. The quantitative estimate of drug-likeness (QED) is 0.843. The fraction of sp³-hybridized carbons (Fsp3) is 0.231. The van der Waals surface area contributed by atoms with Gasteiger partial charge in [-0.15, -0.1) is 11.8 Å². The molecule has 0 aromatic carbocycles. The third-order valence-electron chi connectivity index (χ3n) is 2.59. The Bertz CT molecular complexity index is 626. The van der Waals surface area contributed by atoms with Crippen molar-refractivity contribution in [1.82, 2.24) is 0 Å². The van der Waals surface area contributed by atoms with Gasteiger partial charge < -0.3 is 19.0 Å². The molecule has 6 nitrogen and oxygen atoms in total. The number of furan rings is 2. The predicted octanol–water partition coefficient (Wildman–Crippen LogP) is 3.26. The van der Waals surface area contributed by atoms with Crippen molar-refractivity contribution in [2.24, 2.45) is 0 Å². The van der Waals surface area contributed by atoms with Crippen LogP contribution in [-0.2, 0) is 5.75 Å². The van der Waals surface area contributed by atoms with Gasteiger partial charge in [0, 0.05) is 0 Å². The van der Waals surface area contributed by atoms with E-state index in [2.05, 4.69) is 0 Å². The molecule has 0 amide bonds. The number of rotatable bonds is 6. The third kappa shape index (κ3) is 3.24. The molecule has 20 heavy (non-hydrogen) atoms. The molecule has 2 aromatic rings. The van der Waals surface area contributed by atoms with Crippen LogP contribution in [0.25, 0.3) is 0 Å². The van der Waals surface area contributed by atoms with E-state index in [9.17, 15) is 9.59 Å². The van der Waals surface area contributed by atoms with Crippen LogP contribution in [-0.4, -0.2) is 22.2 Å². The van der Waals surface area contributed by atoms with Gasteiger partial charge in [-0.2, -0.15) is 0 Å². The molecule has 0 aliphatic heterocycles. The molecule has 2 aromatic heterocycles. The summed E-state index contributed by atoms with van der Waals surface area (Å²) in [5.74, 6) is -0.839. The van der Waals surface area contributed by atoms with Crippen LogP contribution in [0.1, 0.15) is 44.8 Å². The minimum absolute atomic E-state index is 0.0681. The fourth-order valence-electron chi connectivity index (χ4n) is 1.55. The first kappa shape index (κ1) is 14.3. The van der Waals surface area contributed by atoms with Crippen LogP contribution in [0.3, 0.4) is 0 Å². The summed E-state index contributed by atoms with van der Waals surface area (Å²) in [5.41, 5.74) is 0. The maximum Gasteiger partial charge on any atom is 0.371 e. The summed E-state index contributed by atoms with van der Waals surface area (Å²) in [6.45, 7) is 1.87. The standard InChI is InChI=1S/C13H12O6S/c1-7(9-4-5-11(19-9)13(16)17)20-6-8-2-3-10(18-8)12(14)15/h2-5,7H,6H2,1H3,(H,14,15)(H,16,17)/t7-/m0/s1. The zero-order chi connectivity index (χ0) is 14.7. The SMILES string of the molecule is C[C@H](SCc1ccc(C(=O)O)o1)c1ccc(C(=O)O)o1. The van der Waals surface area contributed by atoms with Crippen LogP contribution in [0.5, 0.6) is 0 Å². The molecule has 2 rings (SSSR count). The number of carboxylic acids is 2. The highest BCUT2D eigenvalue weighted by atomic mass is 32.2. The Balaban J connectivity index is 1.95. The molecule has 2 heterocycles. The van der Waals surface area contributed by atoms with Crippen LogP contribution < -0.4 is 0 Å². The largest absolute Gasteiger partial charge is 0.475 e. The van der Waals surface area contributed by atoms with E-state index in [4.69, 9.17) is 19.0 Å². The number of carbonyl (C=O) groups is 2. The Morgan fingerprint density at radius 1 is 1.10 bits per heavy atom. The van der Waals surface area contributed by atoms with E-state index >= 15 is 0 Å². The van der Waals surface area contributed by atoms with Gasteiger partial charge in [-0.25, -0.2) is 9.59 Å². The highest BCUT2D eigenvalue weighted by Crippen LogP contribution is 2.32. The molecule has 0 saturated heterocycles. The molecule has 0 saturated carbocycles. The Kier molecular flexibility index (Phi) is 4.19. The summed E-state index contributed by atoms with van der Waals surface area (Å²) < 4.78 is 10.3. The molecule has 2 N–H and O–H groups in total. The van der Waals surface area contributed by atoms with Gasteiger partial charge >= 0.3 is 11.9 Å². The molecule has 0 unspecified atom stereocenters. The van der Waals surface area contributed by atoms with Crippen LogP contribution in [0.15, 0.2) is 33.1 Å². The van der Waals surface area contributed by atoms with Crippen molar-refractivity contribution in [3.05, 3.63) is 47.3 Å². The van der Waals surface area contributed by atoms with Gasteiger partial charge in [-0.3, -0.25) is 0 Å². The minimum atomic E-state index is -1.11. The van der Waals surface area contributed by atoms with Gasteiger partial charge in [0.1, 0.15) is 11.5 Å². The Hall–Kier alpha value is -2.15. The van der Waals surface area contributed by atoms with Crippen LogP contribution >= 0.6 is 11.8 Å². The van der Waals surface area contributed by atoms with E-state index in [1.807, 2.05) is 6.92 Å². The normalized spacial score (nSPS) is 12.2. The van der Waals surface area contributed by atoms with E-state index in [1.54, 1.807) is 12.1 Å². The van der Waals surface area contributed by atoms with Gasteiger partial charge in [0.2, 0.25) is 11.5 Å². The smallest absolute Gasteiger partial charge is 0.371 e. The summed E-state index contributed by atoms with van der Waals surface area (Å²) in [5, 5.41) is 17.4. The lowest BCUT2D eigenvalue weighted by Gasteiger charge is -2.06. The zero-order valence-electron chi connectivity index (χ0n) is 10.5. The minimum Gasteiger partial charge on any atom is -0.475 e. The number of hydrogen-bond acceptors (Lipinski definition) is 5. The molecule has 0 fully saturated rings. The average Bonchev–Trinajstić information content (AvgIpc) is 3.05. The second-order valence-electron chi connectivity index (χ2n) is 4.03. The molecular weight excluding hydrogens is 284 g/mol. The lowest BCUT2D eigenvalue weighted by atomic mass is 10.3. The lowest BCUT2D eigenvalue weighted by Crippen LogP contribution is -1.93. The molecule has 1 atom stereocenters. The average molecular weight is 296 g/mol. The van der Waals surface area contributed by atoms with Crippen molar-refractivity contribution < 1.29 is 28.6 Å². The summed E-state index contributed by atoms with van der Waals surface area (Å²) in [7, 11) is 0. The Morgan fingerprint density at radius 3 is 2.25 bits per heavy atom. The summed E-state index contributed by atoms with van der Waals surface area (Å²) in [4.78, 5) is 21.4. The van der Waals surface area contributed by atoms with Crippen molar-refractivity contribution in [3.63, 3.8) is 0 Å². The maximum atomic E-state index is 10.7.